The smallest absolute Gasteiger partial charge is 0.300 e. The quantitative estimate of drug-likeness (QED) is 0.730. The predicted molar refractivity (Wildman–Crippen MR) is 94.4 cm³/mol. The van der Waals surface area contributed by atoms with Gasteiger partial charge in [0, 0.05) is 40.0 Å². The second-order valence-electron chi connectivity index (χ2n) is 8.00. The monoisotopic (exact) mass is 363 g/mol. The van der Waals surface area contributed by atoms with Gasteiger partial charge in [0.15, 0.2) is 0 Å². The van der Waals surface area contributed by atoms with Crippen molar-refractivity contribution < 1.29 is 19.1 Å². The van der Waals surface area contributed by atoms with Gasteiger partial charge in [-0.2, -0.15) is 4.98 Å². The number of hydrogen-bond donors (Lipinski definition) is 0. The van der Waals surface area contributed by atoms with Crippen LogP contribution in [0.2, 0.25) is 0 Å². The number of nitrogens with zero attached hydrogens (tertiary/aromatic N) is 3. The third kappa shape index (κ3) is 2.72. The lowest BCUT2D eigenvalue weighted by molar-refractivity contribution is -0.148. The summed E-state index contributed by atoms with van der Waals surface area (Å²) in [5.74, 6) is 0.203. The lowest BCUT2D eigenvalue weighted by atomic mass is 9.60. The molecule has 3 rings (SSSR count). The normalized spacial score (nSPS) is 21.0. The van der Waals surface area contributed by atoms with E-state index in [1.165, 1.54) is 18.8 Å². The van der Waals surface area contributed by atoms with Crippen LogP contribution in [0.3, 0.4) is 0 Å². The van der Waals surface area contributed by atoms with Crippen LogP contribution in [0.5, 0.6) is 6.01 Å². The van der Waals surface area contributed by atoms with Gasteiger partial charge in [-0.15, -0.1) is 0 Å². The molecule has 0 amide bonds. The third-order valence-electron chi connectivity index (χ3n) is 5.37. The highest BCUT2D eigenvalue weighted by Gasteiger charge is 2.55. The largest absolute Gasteiger partial charge is 0.468 e. The minimum atomic E-state index is -1.20. The van der Waals surface area contributed by atoms with E-state index >= 15 is 0 Å². The predicted octanol–water partition coefficient (Wildman–Crippen LogP) is 0.700. The molecule has 1 aliphatic heterocycles. The maximum atomic E-state index is 13.0. The summed E-state index contributed by atoms with van der Waals surface area (Å²) in [6.07, 6.45) is 0.720. The molecule has 0 aromatic carbocycles. The second kappa shape index (κ2) is 6.19. The fourth-order valence-corrected chi connectivity index (χ4v) is 4.04. The molecule has 1 spiro atoms. The molecule has 142 valence electrons. The first-order chi connectivity index (χ1) is 12.1. The van der Waals surface area contributed by atoms with Crippen LogP contribution in [0, 0.1) is 10.8 Å². The van der Waals surface area contributed by atoms with Crippen LogP contribution < -0.4 is 15.2 Å². The fraction of sp³-hybridized carbons (Fsp3) is 0.667. The SMILES string of the molecule is COCN1CC2(Cc3c1nc(OC)n(C)c3=O)C(=O)CC(C)(C)CC2=O. The molecule has 0 atom stereocenters. The highest BCUT2D eigenvalue weighted by atomic mass is 16.5. The molecule has 0 saturated heterocycles. The van der Waals surface area contributed by atoms with E-state index in [9.17, 15) is 14.4 Å². The zero-order valence-corrected chi connectivity index (χ0v) is 15.9. The first-order valence-corrected chi connectivity index (χ1v) is 8.59. The molecule has 2 heterocycles. The standard InChI is InChI=1S/C18H25N3O5/c1-17(2)7-12(22)18(13(23)8-17)6-11-14(21(9-18)10-25-4)19-16(26-5)20(3)15(11)24/h6-10H2,1-5H3. The van der Waals surface area contributed by atoms with E-state index in [4.69, 9.17) is 9.47 Å². The summed E-state index contributed by atoms with van der Waals surface area (Å²) in [6.45, 7) is 4.14. The topological polar surface area (TPSA) is 90.7 Å². The molecular formula is C18H25N3O5. The number of fused-ring (bicyclic) bond motifs is 1. The van der Waals surface area contributed by atoms with Crippen molar-refractivity contribution in [2.75, 3.05) is 32.4 Å². The van der Waals surface area contributed by atoms with E-state index in [-0.39, 0.29) is 48.2 Å². The summed E-state index contributed by atoms with van der Waals surface area (Å²) in [5.41, 5.74) is -1.51. The zero-order chi connectivity index (χ0) is 19.3. The van der Waals surface area contributed by atoms with Crippen LogP contribution in [0.25, 0.3) is 0 Å². The van der Waals surface area contributed by atoms with Gasteiger partial charge in [0.25, 0.3) is 5.56 Å². The number of hydrogen-bond acceptors (Lipinski definition) is 7. The number of rotatable bonds is 3. The van der Waals surface area contributed by atoms with E-state index in [2.05, 4.69) is 4.98 Å². The molecule has 1 aromatic heterocycles. The van der Waals surface area contributed by atoms with E-state index in [1.54, 1.807) is 11.9 Å². The van der Waals surface area contributed by atoms with Gasteiger partial charge in [-0.1, -0.05) is 13.8 Å². The Morgan fingerprint density at radius 2 is 1.69 bits per heavy atom. The van der Waals surface area contributed by atoms with Crippen LogP contribution in [-0.4, -0.2) is 48.6 Å². The highest BCUT2D eigenvalue weighted by molar-refractivity contribution is 6.11. The van der Waals surface area contributed by atoms with Crippen molar-refractivity contribution in [3.63, 3.8) is 0 Å². The van der Waals surface area contributed by atoms with Gasteiger partial charge in [-0.25, -0.2) is 0 Å². The van der Waals surface area contributed by atoms with E-state index in [0.29, 0.717) is 24.2 Å². The lowest BCUT2D eigenvalue weighted by Gasteiger charge is -2.46. The maximum Gasteiger partial charge on any atom is 0.300 e. The maximum absolute atomic E-state index is 13.0. The molecule has 0 bridgehead atoms. The number of carbonyl (C=O) groups excluding carboxylic acids is 2. The fourth-order valence-electron chi connectivity index (χ4n) is 4.04. The van der Waals surface area contributed by atoms with Crippen molar-refractivity contribution >= 4 is 17.4 Å². The van der Waals surface area contributed by atoms with Gasteiger partial charge in [-0.3, -0.25) is 19.0 Å². The third-order valence-corrected chi connectivity index (χ3v) is 5.37. The Hall–Kier alpha value is -2.22. The van der Waals surface area contributed by atoms with Crippen LogP contribution >= 0.6 is 0 Å². The van der Waals surface area contributed by atoms with Crippen molar-refractivity contribution in [2.24, 2.45) is 17.9 Å². The van der Waals surface area contributed by atoms with Crippen molar-refractivity contribution in [3.05, 3.63) is 15.9 Å². The molecular weight excluding hydrogens is 338 g/mol. The van der Waals surface area contributed by atoms with Gasteiger partial charge in [0.1, 0.15) is 29.5 Å². The van der Waals surface area contributed by atoms with Crippen molar-refractivity contribution in [2.45, 2.75) is 33.1 Å². The summed E-state index contributed by atoms with van der Waals surface area (Å²) in [4.78, 5) is 45.0. The Morgan fingerprint density at radius 3 is 2.23 bits per heavy atom. The van der Waals surface area contributed by atoms with Gasteiger partial charge in [-0.05, 0) is 5.41 Å². The second-order valence-corrected chi connectivity index (χ2v) is 8.00. The summed E-state index contributed by atoms with van der Waals surface area (Å²) < 4.78 is 11.7. The molecule has 1 aliphatic carbocycles. The van der Waals surface area contributed by atoms with Gasteiger partial charge in [0.2, 0.25) is 0 Å². The van der Waals surface area contributed by atoms with Crippen molar-refractivity contribution in [3.8, 4) is 6.01 Å². The molecule has 1 aromatic rings. The average Bonchev–Trinajstić information content (AvgIpc) is 2.56. The summed E-state index contributed by atoms with van der Waals surface area (Å²) in [7, 11) is 4.52. The molecule has 0 radical (unpaired) electrons. The number of ether oxygens (including phenoxy) is 2. The number of carbonyl (C=O) groups is 2. The van der Waals surface area contributed by atoms with Gasteiger partial charge in [0.05, 0.1) is 12.7 Å². The first kappa shape index (κ1) is 18.6. The van der Waals surface area contributed by atoms with Gasteiger partial charge < -0.3 is 14.4 Å². The first-order valence-electron chi connectivity index (χ1n) is 8.59. The number of anilines is 1. The minimum Gasteiger partial charge on any atom is -0.468 e. The van der Waals surface area contributed by atoms with Crippen LogP contribution in [0.1, 0.15) is 32.3 Å². The summed E-state index contributed by atoms with van der Waals surface area (Å²) in [5, 5.41) is 0. The molecule has 0 unspecified atom stereocenters. The molecule has 26 heavy (non-hydrogen) atoms. The molecule has 0 N–H and O–H groups in total. The Bertz CT molecular complexity index is 807. The lowest BCUT2D eigenvalue weighted by Crippen LogP contribution is -2.59. The highest BCUT2D eigenvalue weighted by Crippen LogP contribution is 2.45. The Balaban J connectivity index is 2.16. The van der Waals surface area contributed by atoms with Crippen LogP contribution in [-0.2, 0) is 27.8 Å². The Kier molecular flexibility index (Phi) is 4.42. The van der Waals surface area contributed by atoms with E-state index in [0.717, 1.165) is 0 Å². The summed E-state index contributed by atoms with van der Waals surface area (Å²) in [6, 6.07) is 0.174. The van der Waals surface area contributed by atoms with E-state index in [1.807, 2.05) is 13.8 Å². The summed E-state index contributed by atoms with van der Waals surface area (Å²) >= 11 is 0. The molecule has 8 heteroatoms. The minimum absolute atomic E-state index is 0.0833. The Morgan fingerprint density at radius 1 is 1.08 bits per heavy atom. The van der Waals surface area contributed by atoms with E-state index < -0.39 is 5.41 Å². The molecule has 1 saturated carbocycles. The Labute approximate surface area is 152 Å². The zero-order valence-electron chi connectivity index (χ0n) is 15.9. The molecule has 1 fully saturated rings. The number of methoxy groups -OCH3 is 2. The number of Topliss-reactive ketones (excluding diaryl/α,β-unsaturated/α-hetero) is 2. The number of aromatic nitrogens is 2. The van der Waals surface area contributed by atoms with Crippen molar-refractivity contribution in [1.82, 2.24) is 9.55 Å². The average molecular weight is 363 g/mol. The molecule has 8 nitrogen and oxygen atoms in total. The van der Waals surface area contributed by atoms with Gasteiger partial charge >= 0.3 is 6.01 Å². The van der Waals surface area contributed by atoms with Crippen LogP contribution in [0.15, 0.2) is 4.79 Å². The number of ketones is 2. The van der Waals surface area contributed by atoms with Crippen molar-refractivity contribution in [1.29, 1.82) is 0 Å². The van der Waals surface area contributed by atoms with Crippen LogP contribution in [0.4, 0.5) is 5.82 Å². The molecule has 2 aliphatic rings.